The molecule has 1 unspecified atom stereocenters. The molecule has 0 aliphatic carbocycles. The van der Waals surface area contributed by atoms with Crippen LogP contribution in [0.15, 0.2) is 24.3 Å². The number of benzene rings is 1. The van der Waals surface area contributed by atoms with Crippen molar-refractivity contribution >= 4 is 11.9 Å². The Kier molecular flexibility index (Phi) is 4.59. The number of hydrogen-bond acceptors (Lipinski definition) is 2. The van der Waals surface area contributed by atoms with Crippen molar-refractivity contribution in [3.8, 4) is 0 Å². The Labute approximate surface area is 153 Å². The minimum Gasteiger partial charge on any atom is -0.338 e. The number of piperidine rings is 1. The average Bonchev–Trinajstić information content (AvgIpc) is 3.27. The Bertz CT molecular complexity index is 704. The SMILES string of the molecule is O=C(N1CCCC1)N1CCCC2(CCN(Cc3cccc(F)c3)C2=O)C1. The van der Waals surface area contributed by atoms with Gasteiger partial charge in [-0.25, -0.2) is 9.18 Å². The van der Waals surface area contributed by atoms with Crippen LogP contribution in [0.3, 0.4) is 0 Å². The van der Waals surface area contributed by atoms with E-state index in [9.17, 15) is 14.0 Å². The molecule has 3 fully saturated rings. The molecule has 0 bridgehead atoms. The third-order valence-corrected chi connectivity index (χ3v) is 6.09. The summed E-state index contributed by atoms with van der Waals surface area (Å²) in [5.74, 6) is -0.149. The summed E-state index contributed by atoms with van der Waals surface area (Å²) in [5, 5.41) is 0. The molecule has 5 nitrogen and oxygen atoms in total. The highest BCUT2D eigenvalue weighted by Crippen LogP contribution is 2.41. The topological polar surface area (TPSA) is 43.9 Å². The minimum absolute atomic E-state index is 0.0953. The van der Waals surface area contributed by atoms with E-state index in [4.69, 9.17) is 0 Å². The summed E-state index contributed by atoms with van der Waals surface area (Å²) < 4.78 is 13.4. The predicted molar refractivity (Wildman–Crippen MR) is 95.9 cm³/mol. The van der Waals surface area contributed by atoms with E-state index < -0.39 is 5.41 Å². The van der Waals surface area contributed by atoms with Gasteiger partial charge in [0.05, 0.1) is 5.41 Å². The fourth-order valence-corrected chi connectivity index (χ4v) is 4.68. The van der Waals surface area contributed by atoms with Gasteiger partial charge in [0.2, 0.25) is 5.91 Å². The molecule has 1 aromatic carbocycles. The normalized spacial score (nSPS) is 26.2. The molecule has 3 heterocycles. The van der Waals surface area contributed by atoms with Crippen LogP contribution >= 0.6 is 0 Å². The maximum absolute atomic E-state index is 13.4. The van der Waals surface area contributed by atoms with E-state index in [0.29, 0.717) is 19.6 Å². The summed E-state index contributed by atoms with van der Waals surface area (Å²) in [6, 6.07) is 6.53. The summed E-state index contributed by atoms with van der Waals surface area (Å²) in [6.07, 6.45) is 4.65. The van der Waals surface area contributed by atoms with Crippen LogP contribution in [0.1, 0.15) is 37.7 Å². The Morgan fingerprint density at radius 2 is 1.81 bits per heavy atom. The van der Waals surface area contributed by atoms with E-state index in [1.165, 1.54) is 12.1 Å². The molecule has 1 spiro atoms. The smallest absolute Gasteiger partial charge is 0.320 e. The van der Waals surface area contributed by atoms with Gasteiger partial charge in [0.25, 0.3) is 0 Å². The zero-order chi connectivity index (χ0) is 18.1. The third kappa shape index (κ3) is 3.17. The van der Waals surface area contributed by atoms with Crippen molar-refractivity contribution in [2.45, 2.75) is 38.6 Å². The van der Waals surface area contributed by atoms with Gasteiger partial charge in [-0.15, -0.1) is 0 Å². The molecule has 1 atom stereocenters. The first kappa shape index (κ1) is 17.3. The number of carbonyl (C=O) groups excluding carboxylic acids is 2. The van der Waals surface area contributed by atoms with Crippen molar-refractivity contribution in [3.63, 3.8) is 0 Å². The number of nitrogens with zero attached hydrogens (tertiary/aromatic N) is 3. The quantitative estimate of drug-likeness (QED) is 0.815. The number of hydrogen-bond donors (Lipinski definition) is 0. The predicted octanol–water partition coefficient (Wildman–Crippen LogP) is 2.86. The first-order valence-electron chi connectivity index (χ1n) is 9.65. The minimum atomic E-state index is -0.443. The van der Waals surface area contributed by atoms with Gasteiger partial charge in [0, 0.05) is 39.3 Å². The van der Waals surface area contributed by atoms with E-state index >= 15 is 0 Å². The molecule has 0 aromatic heterocycles. The molecule has 4 rings (SSSR count). The molecule has 140 valence electrons. The molecule has 3 aliphatic heterocycles. The standard InChI is InChI=1S/C20H26FN3O2/c21-17-6-3-5-16(13-17)14-23-12-8-20(18(23)25)7-4-11-24(15-20)19(26)22-9-1-2-10-22/h3,5-6,13H,1-2,4,7-12,14-15H2. The largest absolute Gasteiger partial charge is 0.338 e. The molecular weight excluding hydrogens is 333 g/mol. The molecule has 3 aliphatic rings. The second kappa shape index (κ2) is 6.89. The van der Waals surface area contributed by atoms with Crippen molar-refractivity contribution in [1.29, 1.82) is 0 Å². The number of halogens is 1. The fraction of sp³-hybridized carbons (Fsp3) is 0.600. The summed E-state index contributed by atoms with van der Waals surface area (Å²) in [5.41, 5.74) is 0.372. The number of urea groups is 1. The van der Waals surface area contributed by atoms with Crippen LogP contribution in [0, 0.1) is 11.2 Å². The number of likely N-dealkylation sites (tertiary alicyclic amines) is 3. The lowest BCUT2D eigenvalue weighted by Gasteiger charge is -2.40. The van der Waals surface area contributed by atoms with Crippen LogP contribution in [0.25, 0.3) is 0 Å². The Morgan fingerprint density at radius 1 is 1.04 bits per heavy atom. The first-order valence-corrected chi connectivity index (χ1v) is 9.65. The Hall–Kier alpha value is -2.11. The van der Waals surface area contributed by atoms with Gasteiger partial charge < -0.3 is 14.7 Å². The highest BCUT2D eigenvalue weighted by molar-refractivity contribution is 5.86. The van der Waals surface area contributed by atoms with E-state index in [0.717, 1.165) is 57.3 Å². The summed E-state index contributed by atoms with van der Waals surface area (Å²) >= 11 is 0. The summed E-state index contributed by atoms with van der Waals surface area (Å²) in [7, 11) is 0. The highest BCUT2D eigenvalue weighted by atomic mass is 19.1. The van der Waals surface area contributed by atoms with Crippen molar-refractivity contribution in [2.75, 3.05) is 32.7 Å². The number of carbonyl (C=O) groups is 2. The first-order chi connectivity index (χ1) is 12.6. The Balaban J connectivity index is 1.44. The van der Waals surface area contributed by atoms with Crippen molar-refractivity contribution in [1.82, 2.24) is 14.7 Å². The highest BCUT2D eigenvalue weighted by Gasteiger charge is 2.49. The van der Waals surface area contributed by atoms with Crippen molar-refractivity contribution in [2.24, 2.45) is 5.41 Å². The van der Waals surface area contributed by atoms with Crippen LogP contribution in [0.4, 0.5) is 9.18 Å². The number of amides is 3. The molecule has 1 aromatic rings. The monoisotopic (exact) mass is 359 g/mol. The number of rotatable bonds is 2. The lowest BCUT2D eigenvalue weighted by Crippen LogP contribution is -2.52. The van der Waals surface area contributed by atoms with E-state index in [-0.39, 0.29) is 17.8 Å². The molecule has 0 radical (unpaired) electrons. The van der Waals surface area contributed by atoms with Crippen LogP contribution in [0.5, 0.6) is 0 Å². The zero-order valence-electron chi connectivity index (χ0n) is 15.1. The van der Waals surface area contributed by atoms with Crippen molar-refractivity contribution < 1.29 is 14.0 Å². The van der Waals surface area contributed by atoms with E-state index in [2.05, 4.69) is 0 Å². The molecule has 0 saturated carbocycles. The van der Waals surface area contributed by atoms with Gasteiger partial charge in [0.15, 0.2) is 0 Å². The van der Waals surface area contributed by atoms with Crippen LogP contribution in [-0.2, 0) is 11.3 Å². The third-order valence-electron chi connectivity index (χ3n) is 6.09. The van der Waals surface area contributed by atoms with E-state index in [1.54, 1.807) is 6.07 Å². The van der Waals surface area contributed by atoms with Gasteiger partial charge in [-0.1, -0.05) is 12.1 Å². The maximum atomic E-state index is 13.4. The van der Waals surface area contributed by atoms with Gasteiger partial charge in [-0.2, -0.15) is 0 Å². The van der Waals surface area contributed by atoms with Gasteiger partial charge >= 0.3 is 6.03 Å². The lowest BCUT2D eigenvalue weighted by molar-refractivity contribution is -0.138. The van der Waals surface area contributed by atoms with Crippen LogP contribution in [0.2, 0.25) is 0 Å². The molecule has 6 heteroatoms. The molecular formula is C20H26FN3O2. The Morgan fingerprint density at radius 3 is 2.58 bits per heavy atom. The fourth-order valence-electron chi connectivity index (χ4n) is 4.68. The van der Waals surface area contributed by atoms with Crippen molar-refractivity contribution in [3.05, 3.63) is 35.6 Å². The van der Waals surface area contributed by atoms with E-state index in [1.807, 2.05) is 20.8 Å². The average molecular weight is 359 g/mol. The maximum Gasteiger partial charge on any atom is 0.320 e. The van der Waals surface area contributed by atoms with Crippen LogP contribution in [-0.4, -0.2) is 59.4 Å². The molecule has 26 heavy (non-hydrogen) atoms. The van der Waals surface area contributed by atoms with Gasteiger partial charge in [-0.05, 0) is 49.8 Å². The second-order valence-electron chi connectivity index (χ2n) is 7.89. The molecule has 0 N–H and O–H groups in total. The van der Waals surface area contributed by atoms with Gasteiger partial charge in [-0.3, -0.25) is 4.79 Å². The zero-order valence-corrected chi connectivity index (χ0v) is 15.1. The van der Waals surface area contributed by atoms with Gasteiger partial charge in [0.1, 0.15) is 5.82 Å². The van der Waals surface area contributed by atoms with Crippen LogP contribution < -0.4 is 0 Å². The summed E-state index contributed by atoms with van der Waals surface area (Å²) in [4.78, 5) is 31.5. The summed E-state index contributed by atoms with van der Waals surface area (Å²) in [6.45, 7) is 4.07. The second-order valence-corrected chi connectivity index (χ2v) is 7.89. The molecule has 3 amide bonds. The molecule has 3 saturated heterocycles. The lowest BCUT2D eigenvalue weighted by atomic mass is 9.78.